The maximum atomic E-state index is 12.6. The van der Waals surface area contributed by atoms with Crippen LogP contribution in [0.5, 0.6) is 0 Å². The average molecular weight is 274 g/mol. The van der Waals surface area contributed by atoms with Crippen molar-refractivity contribution in [3.8, 4) is 0 Å². The standard InChI is InChI=1S/C12H20F2N4O/c1-4-17(5-2)8-9(3)16-11(19)10-6-7-15-18(10)12(13)14/h6-7,9,12H,4-5,8H2,1-3H3,(H,16,19). The SMILES string of the molecule is CCN(CC)CC(C)NC(=O)c1ccnn1C(F)F. The molecule has 1 aromatic rings. The van der Waals surface area contributed by atoms with E-state index in [4.69, 9.17) is 0 Å². The van der Waals surface area contributed by atoms with Crippen molar-refractivity contribution in [1.82, 2.24) is 20.0 Å². The first-order valence-electron chi connectivity index (χ1n) is 6.34. The van der Waals surface area contributed by atoms with Crippen LogP contribution < -0.4 is 5.32 Å². The zero-order chi connectivity index (χ0) is 14.4. The third-order valence-corrected chi connectivity index (χ3v) is 2.89. The van der Waals surface area contributed by atoms with Crippen LogP contribution in [0.3, 0.4) is 0 Å². The van der Waals surface area contributed by atoms with E-state index >= 15 is 0 Å². The number of halogens is 2. The first-order valence-corrected chi connectivity index (χ1v) is 6.34. The number of carbonyl (C=O) groups excluding carboxylic acids is 1. The molecule has 1 heterocycles. The summed E-state index contributed by atoms with van der Waals surface area (Å²) in [6.07, 6.45) is 1.19. The fraction of sp³-hybridized carbons (Fsp3) is 0.667. The van der Waals surface area contributed by atoms with Gasteiger partial charge >= 0.3 is 6.55 Å². The topological polar surface area (TPSA) is 50.2 Å². The molecule has 1 unspecified atom stereocenters. The second-order valence-corrected chi connectivity index (χ2v) is 4.30. The van der Waals surface area contributed by atoms with Gasteiger partial charge in [-0.2, -0.15) is 18.6 Å². The van der Waals surface area contributed by atoms with E-state index in [-0.39, 0.29) is 11.7 Å². The van der Waals surface area contributed by atoms with Crippen LogP contribution in [0, 0.1) is 0 Å². The van der Waals surface area contributed by atoms with Gasteiger partial charge in [0.1, 0.15) is 5.69 Å². The van der Waals surface area contributed by atoms with E-state index in [0.29, 0.717) is 11.2 Å². The second-order valence-electron chi connectivity index (χ2n) is 4.30. The monoisotopic (exact) mass is 274 g/mol. The van der Waals surface area contributed by atoms with Crippen molar-refractivity contribution in [2.24, 2.45) is 0 Å². The molecule has 19 heavy (non-hydrogen) atoms. The molecule has 1 rings (SSSR count). The number of alkyl halides is 2. The lowest BCUT2D eigenvalue weighted by Crippen LogP contribution is -2.42. The second kappa shape index (κ2) is 7.18. The first-order chi connectivity index (χ1) is 8.99. The Hall–Kier alpha value is -1.50. The lowest BCUT2D eigenvalue weighted by Gasteiger charge is -2.23. The first kappa shape index (κ1) is 15.6. The minimum Gasteiger partial charge on any atom is -0.347 e. The molecule has 0 aliphatic carbocycles. The predicted molar refractivity (Wildman–Crippen MR) is 68.2 cm³/mol. The van der Waals surface area contributed by atoms with E-state index < -0.39 is 12.5 Å². The summed E-state index contributed by atoms with van der Waals surface area (Å²) < 4.78 is 25.6. The number of carbonyl (C=O) groups is 1. The summed E-state index contributed by atoms with van der Waals surface area (Å²) in [6.45, 7) is 5.54. The number of amides is 1. The van der Waals surface area contributed by atoms with Gasteiger partial charge in [0.15, 0.2) is 0 Å². The molecule has 1 amide bonds. The molecule has 0 bridgehead atoms. The van der Waals surface area contributed by atoms with Crippen LogP contribution >= 0.6 is 0 Å². The van der Waals surface area contributed by atoms with Gasteiger partial charge in [-0.3, -0.25) is 4.79 Å². The minimum absolute atomic E-state index is 0.117. The van der Waals surface area contributed by atoms with Gasteiger partial charge in [-0.1, -0.05) is 13.8 Å². The highest BCUT2D eigenvalue weighted by molar-refractivity contribution is 5.92. The highest BCUT2D eigenvalue weighted by atomic mass is 19.3. The van der Waals surface area contributed by atoms with Crippen molar-refractivity contribution in [1.29, 1.82) is 0 Å². The predicted octanol–water partition coefficient (Wildman–Crippen LogP) is 1.74. The molecule has 0 fully saturated rings. The molecule has 1 N–H and O–H groups in total. The number of rotatable bonds is 7. The van der Waals surface area contributed by atoms with Crippen LogP contribution in [-0.4, -0.2) is 46.3 Å². The number of hydrogen-bond acceptors (Lipinski definition) is 3. The molecular weight excluding hydrogens is 254 g/mol. The summed E-state index contributed by atoms with van der Waals surface area (Å²) in [5.41, 5.74) is -0.124. The maximum absolute atomic E-state index is 12.6. The van der Waals surface area contributed by atoms with Crippen molar-refractivity contribution in [2.45, 2.75) is 33.4 Å². The molecule has 108 valence electrons. The smallest absolute Gasteiger partial charge is 0.333 e. The molecular formula is C12H20F2N4O. The van der Waals surface area contributed by atoms with Gasteiger partial charge in [0.25, 0.3) is 5.91 Å². The summed E-state index contributed by atoms with van der Waals surface area (Å²) in [5.74, 6) is -0.530. The third kappa shape index (κ3) is 4.27. The molecule has 5 nitrogen and oxygen atoms in total. The van der Waals surface area contributed by atoms with Crippen LogP contribution in [0.1, 0.15) is 37.8 Å². The van der Waals surface area contributed by atoms with Crippen molar-refractivity contribution in [3.05, 3.63) is 18.0 Å². The summed E-state index contributed by atoms with van der Waals surface area (Å²) in [5, 5.41) is 6.13. The summed E-state index contributed by atoms with van der Waals surface area (Å²) in [7, 11) is 0. The molecule has 0 aliphatic heterocycles. The molecule has 0 saturated heterocycles. The summed E-state index contributed by atoms with van der Waals surface area (Å²) in [4.78, 5) is 14.0. The number of aromatic nitrogens is 2. The molecule has 1 aromatic heterocycles. The number of likely N-dealkylation sites (N-methyl/N-ethyl adjacent to an activating group) is 1. The van der Waals surface area contributed by atoms with Gasteiger partial charge in [0.05, 0.1) is 0 Å². The fourth-order valence-electron chi connectivity index (χ4n) is 1.86. The zero-order valence-corrected chi connectivity index (χ0v) is 11.4. The van der Waals surface area contributed by atoms with Crippen molar-refractivity contribution in [2.75, 3.05) is 19.6 Å². The zero-order valence-electron chi connectivity index (χ0n) is 11.4. The van der Waals surface area contributed by atoms with Gasteiger partial charge < -0.3 is 10.2 Å². The van der Waals surface area contributed by atoms with Crippen LogP contribution in [0.15, 0.2) is 12.3 Å². The minimum atomic E-state index is -2.81. The molecule has 7 heteroatoms. The maximum Gasteiger partial charge on any atom is 0.333 e. The Morgan fingerprint density at radius 1 is 1.47 bits per heavy atom. The molecule has 0 aromatic carbocycles. The van der Waals surface area contributed by atoms with E-state index in [2.05, 4.69) is 15.3 Å². The summed E-state index contributed by atoms with van der Waals surface area (Å²) >= 11 is 0. The van der Waals surface area contributed by atoms with E-state index in [1.165, 1.54) is 12.3 Å². The highest BCUT2D eigenvalue weighted by Gasteiger charge is 2.19. The van der Waals surface area contributed by atoms with Crippen LogP contribution in [0.4, 0.5) is 8.78 Å². The number of nitrogens with zero attached hydrogens (tertiary/aromatic N) is 3. The van der Waals surface area contributed by atoms with Crippen LogP contribution in [0.2, 0.25) is 0 Å². The molecule has 0 radical (unpaired) electrons. The van der Waals surface area contributed by atoms with Crippen molar-refractivity contribution in [3.63, 3.8) is 0 Å². The largest absolute Gasteiger partial charge is 0.347 e. The van der Waals surface area contributed by atoms with E-state index in [1.54, 1.807) is 0 Å². The molecule has 1 atom stereocenters. The van der Waals surface area contributed by atoms with Crippen molar-refractivity contribution >= 4 is 5.91 Å². The molecule has 0 aliphatic rings. The Kier molecular flexibility index (Phi) is 5.88. The Morgan fingerprint density at radius 2 is 2.11 bits per heavy atom. The van der Waals surface area contributed by atoms with Crippen molar-refractivity contribution < 1.29 is 13.6 Å². The van der Waals surface area contributed by atoms with E-state index in [1.807, 2.05) is 20.8 Å². The Morgan fingerprint density at radius 3 is 2.63 bits per heavy atom. The fourth-order valence-corrected chi connectivity index (χ4v) is 1.86. The lowest BCUT2D eigenvalue weighted by atomic mass is 10.2. The highest BCUT2D eigenvalue weighted by Crippen LogP contribution is 2.11. The van der Waals surface area contributed by atoms with E-state index in [0.717, 1.165) is 13.1 Å². The van der Waals surface area contributed by atoms with E-state index in [9.17, 15) is 13.6 Å². The number of nitrogens with one attached hydrogen (secondary N) is 1. The lowest BCUT2D eigenvalue weighted by molar-refractivity contribution is 0.0506. The Labute approximate surface area is 111 Å². The molecule has 0 saturated carbocycles. The quantitative estimate of drug-likeness (QED) is 0.824. The average Bonchev–Trinajstić information content (AvgIpc) is 2.85. The number of hydrogen-bond donors (Lipinski definition) is 1. The van der Waals surface area contributed by atoms with Crippen LogP contribution in [0.25, 0.3) is 0 Å². The normalized spacial score (nSPS) is 13.0. The van der Waals surface area contributed by atoms with Gasteiger partial charge in [0.2, 0.25) is 0 Å². The van der Waals surface area contributed by atoms with Crippen LogP contribution in [-0.2, 0) is 0 Å². The third-order valence-electron chi connectivity index (χ3n) is 2.89. The van der Waals surface area contributed by atoms with Gasteiger partial charge in [-0.15, -0.1) is 0 Å². The summed E-state index contributed by atoms with van der Waals surface area (Å²) in [6, 6.07) is 1.17. The molecule has 0 spiro atoms. The Bertz CT molecular complexity index is 404. The van der Waals surface area contributed by atoms with Gasteiger partial charge in [-0.25, -0.2) is 0 Å². The Balaban J connectivity index is 2.61. The van der Waals surface area contributed by atoms with Gasteiger partial charge in [0, 0.05) is 18.8 Å². The van der Waals surface area contributed by atoms with Gasteiger partial charge in [-0.05, 0) is 26.1 Å².